The van der Waals surface area contributed by atoms with E-state index in [1.165, 1.54) is 10.1 Å². The Morgan fingerprint density at radius 3 is 2.28 bits per heavy atom. The highest BCUT2D eigenvalue weighted by molar-refractivity contribution is 5.78. The third-order valence-electron chi connectivity index (χ3n) is 6.30. The zero-order chi connectivity index (χ0) is 25.8. The van der Waals surface area contributed by atoms with Gasteiger partial charge in [0.15, 0.2) is 5.65 Å². The summed E-state index contributed by atoms with van der Waals surface area (Å²) in [6.45, 7) is 11.3. The van der Waals surface area contributed by atoms with Crippen molar-refractivity contribution in [3.05, 3.63) is 97.8 Å². The van der Waals surface area contributed by atoms with Crippen LogP contribution >= 0.6 is 0 Å². The SMILES string of the molecule is CC(C)CNCc1cccc(Cn2nc3c(c2Cc2ccccc2)c(=O)n(C)c(=O)n3CC(C)C)c1. The molecule has 0 radical (unpaired) electrons. The molecule has 2 heterocycles. The molecule has 0 atom stereocenters. The van der Waals surface area contributed by atoms with Crippen molar-refractivity contribution in [3.8, 4) is 0 Å². The molecule has 0 aliphatic heterocycles. The maximum absolute atomic E-state index is 13.4. The van der Waals surface area contributed by atoms with Crippen LogP contribution in [0.2, 0.25) is 0 Å². The third-order valence-corrected chi connectivity index (χ3v) is 6.30. The van der Waals surface area contributed by atoms with Gasteiger partial charge in [-0.15, -0.1) is 0 Å². The second kappa shape index (κ2) is 11.1. The van der Waals surface area contributed by atoms with E-state index in [-0.39, 0.29) is 17.2 Å². The van der Waals surface area contributed by atoms with Gasteiger partial charge < -0.3 is 5.32 Å². The average molecular weight is 488 g/mol. The van der Waals surface area contributed by atoms with Gasteiger partial charge in [-0.2, -0.15) is 5.10 Å². The van der Waals surface area contributed by atoms with Crippen LogP contribution in [0.15, 0.2) is 64.2 Å². The lowest BCUT2D eigenvalue weighted by molar-refractivity contribution is 0.497. The van der Waals surface area contributed by atoms with Crippen molar-refractivity contribution in [3.63, 3.8) is 0 Å². The number of fused-ring (bicyclic) bond motifs is 1. The van der Waals surface area contributed by atoms with Crippen LogP contribution in [0, 0.1) is 11.8 Å². The van der Waals surface area contributed by atoms with Crippen molar-refractivity contribution in [2.45, 2.75) is 53.8 Å². The minimum absolute atomic E-state index is 0.237. The Hall–Kier alpha value is -3.45. The van der Waals surface area contributed by atoms with Gasteiger partial charge in [-0.25, -0.2) is 4.79 Å². The number of aromatic nitrogens is 4. The van der Waals surface area contributed by atoms with Gasteiger partial charge in [0.2, 0.25) is 0 Å². The van der Waals surface area contributed by atoms with E-state index in [0.717, 1.165) is 29.9 Å². The predicted molar refractivity (Wildman–Crippen MR) is 145 cm³/mol. The van der Waals surface area contributed by atoms with Crippen LogP contribution in [-0.4, -0.2) is 25.5 Å². The molecular formula is C29H37N5O2. The summed E-state index contributed by atoms with van der Waals surface area (Å²) in [5, 5.41) is 8.91. The molecule has 2 aromatic carbocycles. The van der Waals surface area contributed by atoms with Crippen LogP contribution in [0.25, 0.3) is 11.0 Å². The lowest BCUT2D eigenvalue weighted by Crippen LogP contribution is -2.39. The van der Waals surface area contributed by atoms with E-state index in [1.807, 2.05) is 22.9 Å². The van der Waals surface area contributed by atoms with E-state index in [9.17, 15) is 9.59 Å². The first-order valence-corrected chi connectivity index (χ1v) is 12.8. The molecule has 0 spiro atoms. The Labute approximate surface area is 212 Å². The molecule has 190 valence electrons. The lowest BCUT2D eigenvalue weighted by Gasteiger charge is -2.11. The fourth-order valence-corrected chi connectivity index (χ4v) is 4.56. The third kappa shape index (κ3) is 5.68. The number of hydrogen-bond donors (Lipinski definition) is 1. The van der Waals surface area contributed by atoms with Gasteiger partial charge in [-0.05, 0) is 35.1 Å². The van der Waals surface area contributed by atoms with Gasteiger partial charge in [0.05, 0.1) is 12.2 Å². The molecule has 4 aromatic rings. The summed E-state index contributed by atoms with van der Waals surface area (Å²) in [6.07, 6.45) is 0.558. The molecule has 0 fully saturated rings. The van der Waals surface area contributed by atoms with E-state index in [2.05, 4.69) is 69.4 Å². The molecule has 0 amide bonds. The Kier molecular flexibility index (Phi) is 7.89. The van der Waals surface area contributed by atoms with E-state index in [1.54, 1.807) is 11.6 Å². The fraction of sp³-hybridized carbons (Fsp3) is 0.414. The second-order valence-electron chi connectivity index (χ2n) is 10.5. The number of nitrogens with zero attached hydrogens (tertiary/aromatic N) is 4. The van der Waals surface area contributed by atoms with Gasteiger partial charge in [0.1, 0.15) is 5.39 Å². The zero-order valence-corrected chi connectivity index (χ0v) is 22.0. The Balaban J connectivity index is 1.82. The Bertz CT molecular complexity index is 1440. The van der Waals surface area contributed by atoms with Crippen molar-refractivity contribution in [1.29, 1.82) is 0 Å². The highest BCUT2D eigenvalue weighted by Gasteiger charge is 2.22. The predicted octanol–water partition coefficient (Wildman–Crippen LogP) is 3.94. The van der Waals surface area contributed by atoms with Crippen LogP contribution < -0.4 is 16.6 Å². The smallest absolute Gasteiger partial charge is 0.312 e. The minimum atomic E-state index is -0.324. The maximum Gasteiger partial charge on any atom is 0.332 e. The van der Waals surface area contributed by atoms with Gasteiger partial charge in [0, 0.05) is 26.6 Å². The summed E-state index contributed by atoms with van der Waals surface area (Å²) >= 11 is 0. The van der Waals surface area contributed by atoms with Crippen LogP contribution in [0.5, 0.6) is 0 Å². The lowest BCUT2D eigenvalue weighted by atomic mass is 10.1. The molecule has 0 saturated heterocycles. The first-order chi connectivity index (χ1) is 17.2. The Morgan fingerprint density at radius 1 is 0.889 bits per heavy atom. The minimum Gasteiger partial charge on any atom is -0.312 e. The van der Waals surface area contributed by atoms with Crippen LogP contribution in [0.4, 0.5) is 0 Å². The summed E-state index contributed by atoms with van der Waals surface area (Å²) in [7, 11) is 1.55. The molecule has 0 aliphatic rings. The van der Waals surface area contributed by atoms with E-state index < -0.39 is 0 Å². The van der Waals surface area contributed by atoms with Gasteiger partial charge in [-0.1, -0.05) is 82.3 Å². The van der Waals surface area contributed by atoms with Crippen LogP contribution in [0.1, 0.15) is 50.1 Å². The molecule has 2 aromatic heterocycles. The van der Waals surface area contributed by atoms with Gasteiger partial charge in [-0.3, -0.25) is 18.6 Å². The van der Waals surface area contributed by atoms with E-state index in [0.29, 0.717) is 36.5 Å². The first kappa shape index (κ1) is 25.6. The average Bonchev–Trinajstić information content (AvgIpc) is 3.18. The topological polar surface area (TPSA) is 73.8 Å². The summed E-state index contributed by atoms with van der Waals surface area (Å²) < 4.78 is 4.78. The molecule has 0 saturated carbocycles. The molecule has 0 bridgehead atoms. The van der Waals surface area contributed by atoms with Crippen LogP contribution in [0.3, 0.4) is 0 Å². The van der Waals surface area contributed by atoms with E-state index in [4.69, 9.17) is 5.10 Å². The molecule has 0 aliphatic carbocycles. The fourth-order valence-electron chi connectivity index (χ4n) is 4.56. The number of hydrogen-bond acceptors (Lipinski definition) is 4. The van der Waals surface area contributed by atoms with Gasteiger partial charge >= 0.3 is 5.69 Å². The molecule has 7 nitrogen and oxygen atoms in total. The molecule has 7 heteroatoms. The molecule has 4 rings (SSSR count). The quantitative estimate of drug-likeness (QED) is 0.368. The zero-order valence-electron chi connectivity index (χ0n) is 22.0. The summed E-state index contributed by atoms with van der Waals surface area (Å²) in [5.74, 6) is 0.831. The molecule has 1 N–H and O–H groups in total. The largest absolute Gasteiger partial charge is 0.332 e. The van der Waals surface area contributed by atoms with Crippen molar-refractivity contribution in [2.75, 3.05) is 6.54 Å². The first-order valence-electron chi connectivity index (χ1n) is 12.8. The summed E-state index contributed by atoms with van der Waals surface area (Å²) in [4.78, 5) is 26.4. The number of nitrogens with one attached hydrogen (secondary N) is 1. The van der Waals surface area contributed by atoms with Crippen molar-refractivity contribution in [1.82, 2.24) is 24.2 Å². The second-order valence-corrected chi connectivity index (χ2v) is 10.5. The normalized spacial score (nSPS) is 11.8. The number of benzene rings is 2. The highest BCUT2D eigenvalue weighted by Crippen LogP contribution is 2.20. The summed E-state index contributed by atoms with van der Waals surface area (Å²) in [5.41, 5.74) is 4.10. The summed E-state index contributed by atoms with van der Waals surface area (Å²) in [6, 6.07) is 18.5. The van der Waals surface area contributed by atoms with Crippen molar-refractivity contribution in [2.24, 2.45) is 18.9 Å². The van der Waals surface area contributed by atoms with Crippen molar-refractivity contribution >= 4 is 11.0 Å². The molecule has 36 heavy (non-hydrogen) atoms. The van der Waals surface area contributed by atoms with E-state index >= 15 is 0 Å². The molecular weight excluding hydrogens is 450 g/mol. The standard InChI is InChI=1S/C29H37N5O2/c1-20(2)16-30-17-23-12-9-13-24(14-23)19-34-25(15-22-10-7-6-8-11-22)26-27(31-34)33(18-21(3)4)29(36)32(5)28(26)35/h6-14,20-21,30H,15-19H2,1-5H3. The highest BCUT2D eigenvalue weighted by atomic mass is 16.2. The Morgan fingerprint density at radius 2 is 1.58 bits per heavy atom. The number of rotatable bonds is 10. The van der Waals surface area contributed by atoms with Crippen LogP contribution in [-0.2, 0) is 33.1 Å². The molecule has 0 unspecified atom stereocenters. The maximum atomic E-state index is 13.4. The monoisotopic (exact) mass is 487 g/mol. The van der Waals surface area contributed by atoms with Gasteiger partial charge in [0.25, 0.3) is 5.56 Å². The van der Waals surface area contributed by atoms with Crippen molar-refractivity contribution < 1.29 is 0 Å².